The standard InChI is InChI=1S/C10H13N3O4S/c1-12-10(14)9-8(18(11,15)16)4-7(5-13-9)17-6-2-3-6/h4-6H,2-3H2,1H3,(H,12,14)(H2,11,15,16). The third kappa shape index (κ3) is 2.77. The van der Waals surface area contributed by atoms with Gasteiger partial charge in [0.05, 0.1) is 12.3 Å². The molecule has 1 aliphatic carbocycles. The Morgan fingerprint density at radius 3 is 2.72 bits per heavy atom. The minimum atomic E-state index is -4.03. The van der Waals surface area contributed by atoms with Gasteiger partial charge in [-0.25, -0.2) is 18.5 Å². The number of carbonyl (C=O) groups excluding carboxylic acids is 1. The van der Waals surface area contributed by atoms with Crippen LogP contribution in [0.1, 0.15) is 23.3 Å². The van der Waals surface area contributed by atoms with Crippen LogP contribution in [0.25, 0.3) is 0 Å². The molecular formula is C10H13N3O4S. The predicted molar refractivity (Wildman–Crippen MR) is 62.7 cm³/mol. The van der Waals surface area contributed by atoms with Crippen LogP contribution in [-0.2, 0) is 10.0 Å². The Morgan fingerprint density at radius 1 is 1.56 bits per heavy atom. The maximum absolute atomic E-state index is 11.5. The maximum Gasteiger partial charge on any atom is 0.271 e. The van der Waals surface area contributed by atoms with Crippen LogP contribution in [0.3, 0.4) is 0 Å². The van der Waals surface area contributed by atoms with Crippen LogP contribution in [-0.4, -0.2) is 32.5 Å². The van der Waals surface area contributed by atoms with Crippen LogP contribution in [0.2, 0.25) is 0 Å². The highest BCUT2D eigenvalue weighted by molar-refractivity contribution is 7.89. The van der Waals surface area contributed by atoms with Gasteiger partial charge in [0.25, 0.3) is 5.91 Å². The lowest BCUT2D eigenvalue weighted by molar-refractivity contribution is 0.0954. The molecule has 7 nitrogen and oxygen atoms in total. The van der Waals surface area contributed by atoms with Crippen LogP contribution in [0.4, 0.5) is 0 Å². The molecule has 0 spiro atoms. The molecule has 1 aromatic rings. The first kappa shape index (κ1) is 12.8. The fourth-order valence-electron chi connectivity index (χ4n) is 1.38. The molecule has 1 aliphatic rings. The van der Waals surface area contributed by atoms with Crippen molar-refractivity contribution in [2.24, 2.45) is 5.14 Å². The first-order valence-electron chi connectivity index (χ1n) is 5.33. The van der Waals surface area contributed by atoms with Crippen molar-refractivity contribution in [3.05, 3.63) is 18.0 Å². The van der Waals surface area contributed by atoms with Gasteiger partial charge < -0.3 is 10.1 Å². The summed E-state index contributed by atoms with van der Waals surface area (Å²) in [6.45, 7) is 0. The highest BCUT2D eigenvalue weighted by atomic mass is 32.2. The van der Waals surface area contributed by atoms with Gasteiger partial charge in [0, 0.05) is 13.1 Å². The largest absolute Gasteiger partial charge is 0.489 e. The highest BCUT2D eigenvalue weighted by Crippen LogP contribution is 2.28. The fourth-order valence-corrected chi connectivity index (χ4v) is 2.07. The summed E-state index contributed by atoms with van der Waals surface area (Å²) in [5, 5.41) is 7.37. The maximum atomic E-state index is 11.5. The molecule has 3 N–H and O–H groups in total. The van der Waals surface area contributed by atoms with E-state index in [1.165, 1.54) is 19.3 Å². The summed E-state index contributed by atoms with van der Waals surface area (Å²) in [5.74, 6) is -0.314. The number of aromatic nitrogens is 1. The van der Waals surface area contributed by atoms with Gasteiger partial charge in [-0.3, -0.25) is 4.79 Å². The molecule has 0 saturated heterocycles. The van der Waals surface area contributed by atoms with Crippen molar-refractivity contribution in [1.82, 2.24) is 10.3 Å². The fraction of sp³-hybridized carbons (Fsp3) is 0.400. The van der Waals surface area contributed by atoms with Gasteiger partial charge in [-0.2, -0.15) is 0 Å². The number of hydrogen-bond donors (Lipinski definition) is 2. The van der Waals surface area contributed by atoms with E-state index in [0.29, 0.717) is 5.75 Å². The number of amides is 1. The number of nitrogens with zero attached hydrogens (tertiary/aromatic N) is 1. The Kier molecular flexibility index (Phi) is 3.22. The molecule has 18 heavy (non-hydrogen) atoms. The monoisotopic (exact) mass is 271 g/mol. The molecule has 0 unspecified atom stereocenters. The first-order valence-corrected chi connectivity index (χ1v) is 6.88. The summed E-state index contributed by atoms with van der Waals surface area (Å²) >= 11 is 0. The van der Waals surface area contributed by atoms with Crippen molar-refractivity contribution in [2.75, 3.05) is 7.05 Å². The first-order chi connectivity index (χ1) is 8.41. The number of rotatable bonds is 4. The van der Waals surface area contributed by atoms with E-state index in [-0.39, 0.29) is 16.7 Å². The van der Waals surface area contributed by atoms with Gasteiger partial charge in [0.1, 0.15) is 16.3 Å². The van der Waals surface area contributed by atoms with E-state index in [1.54, 1.807) is 0 Å². The second kappa shape index (κ2) is 4.54. The number of pyridine rings is 1. The lowest BCUT2D eigenvalue weighted by Gasteiger charge is -2.09. The van der Waals surface area contributed by atoms with E-state index in [0.717, 1.165) is 12.8 Å². The third-order valence-electron chi connectivity index (χ3n) is 2.40. The van der Waals surface area contributed by atoms with E-state index < -0.39 is 15.9 Å². The van der Waals surface area contributed by atoms with Crippen molar-refractivity contribution < 1.29 is 17.9 Å². The number of nitrogens with two attached hydrogens (primary N) is 1. The molecule has 0 radical (unpaired) electrons. The van der Waals surface area contributed by atoms with Gasteiger partial charge in [0.2, 0.25) is 10.0 Å². The summed E-state index contributed by atoms with van der Waals surface area (Å²) in [6, 6.07) is 1.23. The van der Waals surface area contributed by atoms with Crippen LogP contribution < -0.4 is 15.2 Å². The van der Waals surface area contributed by atoms with Gasteiger partial charge in [0.15, 0.2) is 0 Å². The number of carbonyl (C=O) groups is 1. The van der Waals surface area contributed by atoms with Gasteiger partial charge in [-0.05, 0) is 12.8 Å². The molecule has 1 heterocycles. The molecule has 1 fully saturated rings. The molecule has 0 atom stereocenters. The van der Waals surface area contributed by atoms with Crippen molar-refractivity contribution >= 4 is 15.9 Å². The average Bonchev–Trinajstić information content (AvgIpc) is 3.11. The summed E-state index contributed by atoms with van der Waals surface area (Å²) in [6.07, 6.45) is 3.28. The van der Waals surface area contributed by atoms with Crippen molar-refractivity contribution in [3.8, 4) is 5.75 Å². The van der Waals surface area contributed by atoms with Crippen LogP contribution in [0.15, 0.2) is 17.2 Å². The zero-order chi connectivity index (χ0) is 13.3. The summed E-state index contributed by atoms with van der Waals surface area (Å²) in [7, 11) is -2.65. The van der Waals surface area contributed by atoms with Crippen molar-refractivity contribution in [2.45, 2.75) is 23.8 Å². The third-order valence-corrected chi connectivity index (χ3v) is 3.33. The molecular weight excluding hydrogens is 258 g/mol. The Labute approximate surface area is 104 Å². The summed E-state index contributed by atoms with van der Waals surface area (Å²) in [5.41, 5.74) is -0.233. The summed E-state index contributed by atoms with van der Waals surface area (Å²) in [4.78, 5) is 15.0. The number of ether oxygens (including phenoxy) is 1. The molecule has 1 aromatic heterocycles. The van der Waals surface area contributed by atoms with Crippen LogP contribution in [0.5, 0.6) is 5.75 Å². The quantitative estimate of drug-likeness (QED) is 0.776. The number of sulfonamides is 1. The van der Waals surface area contributed by atoms with E-state index in [2.05, 4.69) is 10.3 Å². The second-order valence-corrected chi connectivity index (χ2v) is 5.49. The minimum absolute atomic E-state index is 0.103. The lowest BCUT2D eigenvalue weighted by atomic mass is 10.3. The van der Waals surface area contributed by atoms with Gasteiger partial charge >= 0.3 is 0 Å². The average molecular weight is 271 g/mol. The van der Waals surface area contributed by atoms with Crippen molar-refractivity contribution in [1.29, 1.82) is 0 Å². The lowest BCUT2D eigenvalue weighted by Crippen LogP contribution is -2.25. The zero-order valence-corrected chi connectivity index (χ0v) is 10.5. The normalized spacial score (nSPS) is 15.2. The Bertz CT molecular complexity index is 581. The smallest absolute Gasteiger partial charge is 0.271 e. The van der Waals surface area contributed by atoms with E-state index in [1.807, 2.05) is 0 Å². The number of hydrogen-bond acceptors (Lipinski definition) is 5. The Hall–Kier alpha value is -1.67. The second-order valence-electron chi connectivity index (χ2n) is 3.96. The van der Waals surface area contributed by atoms with Gasteiger partial charge in [-0.15, -0.1) is 0 Å². The molecule has 0 aliphatic heterocycles. The van der Waals surface area contributed by atoms with E-state index >= 15 is 0 Å². The minimum Gasteiger partial charge on any atom is -0.489 e. The van der Waals surface area contributed by atoms with Crippen LogP contribution in [0, 0.1) is 0 Å². The topological polar surface area (TPSA) is 111 Å². The molecule has 98 valence electrons. The van der Waals surface area contributed by atoms with E-state index in [9.17, 15) is 13.2 Å². The summed E-state index contributed by atoms with van der Waals surface area (Å²) < 4.78 is 28.3. The number of primary sulfonamides is 1. The predicted octanol–water partition coefficient (Wildman–Crippen LogP) is -0.370. The Morgan fingerprint density at radius 2 is 2.22 bits per heavy atom. The molecule has 0 aromatic carbocycles. The molecule has 8 heteroatoms. The zero-order valence-electron chi connectivity index (χ0n) is 9.71. The van der Waals surface area contributed by atoms with Crippen molar-refractivity contribution in [3.63, 3.8) is 0 Å². The molecule has 1 saturated carbocycles. The molecule has 2 rings (SSSR count). The Balaban J connectivity index is 2.44. The van der Waals surface area contributed by atoms with Crippen LogP contribution >= 0.6 is 0 Å². The number of nitrogens with one attached hydrogen (secondary N) is 1. The SMILES string of the molecule is CNC(=O)c1ncc(OC2CC2)cc1S(N)(=O)=O. The van der Waals surface area contributed by atoms with Gasteiger partial charge in [-0.1, -0.05) is 0 Å². The highest BCUT2D eigenvalue weighted by Gasteiger charge is 2.26. The van der Waals surface area contributed by atoms with E-state index in [4.69, 9.17) is 9.88 Å². The molecule has 0 bridgehead atoms. The molecule has 1 amide bonds.